The van der Waals surface area contributed by atoms with Gasteiger partial charge in [-0.3, -0.25) is 9.59 Å². The van der Waals surface area contributed by atoms with Gasteiger partial charge in [0.2, 0.25) is 0 Å². The Morgan fingerprint density at radius 1 is 0.963 bits per heavy atom. The van der Waals surface area contributed by atoms with Crippen molar-refractivity contribution in [2.75, 3.05) is 11.5 Å². The Hall–Kier alpha value is -2.67. The molecule has 1 atom stereocenters. The second kappa shape index (κ2) is 7.92. The van der Waals surface area contributed by atoms with Crippen LogP contribution in [0.15, 0.2) is 48.5 Å². The quantitative estimate of drug-likeness (QED) is 0.820. The molecule has 7 heteroatoms. The number of sulfone groups is 1. The predicted octanol–water partition coefficient (Wildman–Crippen LogP) is 1.84. The highest BCUT2D eigenvalue weighted by Gasteiger charge is 2.29. The molecule has 1 heterocycles. The topological polar surface area (TPSA) is 92.3 Å². The van der Waals surface area contributed by atoms with Crippen molar-refractivity contribution in [1.82, 2.24) is 10.6 Å². The summed E-state index contributed by atoms with van der Waals surface area (Å²) in [4.78, 5) is 24.5. The average molecular weight is 386 g/mol. The van der Waals surface area contributed by atoms with E-state index in [9.17, 15) is 18.0 Å². The van der Waals surface area contributed by atoms with Crippen molar-refractivity contribution in [3.05, 3.63) is 70.8 Å². The molecule has 2 aromatic carbocycles. The summed E-state index contributed by atoms with van der Waals surface area (Å²) in [5, 5.41) is 5.58. The number of rotatable bonds is 5. The molecule has 2 amide bonds. The summed E-state index contributed by atoms with van der Waals surface area (Å²) >= 11 is 0. The Morgan fingerprint density at radius 3 is 2.11 bits per heavy atom. The van der Waals surface area contributed by atoms with E-state index in [2.05, 4.69) is 10.6 Å². The molecule has 2 aromatic rings. The molecule has 1 saturated heterocycles. The molecular weight excluding hydrogens is 364 g/mol. The first kappa shape index (κ1) is 19.1. The number of benzene rings is 2. The molecule has 3 rings (SSSR count). The largest absolute Gasteiger partial charge is 0.348 e. The standard InChI is InChI=1S/C20H22N2O4S/c1-14-2-4-15(5-3-14)12-21-19(23)16-6-8-17(9-7-16)20(24)22-18-10-11-27(25,26)13-18/h2-9,18H,10-13H2,1H3,(H,21,23)(H,22,24). The van der Waals surface area contributed by atoms with Gasteiger partial charge in [-0.1, -0.05) is 29.8 Å². The van der Waals surface area contributed by atoms with E-state index in [1.165, 1.54) is 0 Å². The lowest BCUT2D eigenvalue weighted by Crippen LogP contribution is -2.35. The van der Waals surface area contributed by atoms with E-state index in [-0.39, 0.29) is 29.4 Å². The zero-order valence-electron chi connectivity index (χ0n) is 15.1. The summed E-state index contributed by atoms with van der Waals surface area (Å²) in [7, 11) is -3.04. The summed E-state index contributed by atoms with van der Waals surface area (Å²) < 4.78 is 22.9. The van der Waals surface area contributed by atoms with Gasteiger partial charge in [-0.25, -0.2) is 8.42 Å². The van der Waals surface area contributed by atoms with E-state index < -0.39 is 9.84 Å². The van der Waals surface area contributed by atoms with Crippen LogP contribution in [0.5, 0.6) is 0 Å². The van der Waals surface area contributed by atoms with E-state index in [0.29, 0.717) is 24.1 Å². The minimum Gasteiger partial charge on any atom is -0.348 e. The molecule has 0 bridgehead atoms. The average Bonchev–Trinajstić information content (AvgIpc) is 2.99. The molecule has 1 unspecified atom stereocenters. The highest BCUT2D eigenvalue weighted by atomic mass is 32.2. The molecule has 0 spiro atoms. The summed E-state index contributed by atoms with van der Waals surface area (Å²) in [5.74, 6) is -0.454. The van der Waals surface area contributed by atoms with Gasteiger partial charge in [-0.05, 0) is 43.2 Å². The van der Waals surface area contributed by atoms with Gasteiger partial charge >= 0.3 is 0 Å². The van der Waals surface area contributed by atoms with Crippen molar-refractivity contribution in [2.45, 2.75) is 25.9 Å². The zero-order valence-corrected chi connectivity index (χ0v) is 15.9. The van der Waals surface area contributed by atoms with Gasteiger partial charge in [0.05, 0.1) is 11.5 Å². The van der Waals surface area contributed by atoms with Crippen LogP contribution < -0.4 is 10.6 Å². The Bertz CT molecular complexity index is 935. The normalized spacial score (nSPS) is 18.0. The van der Waals surface area contributed by atoms with Gasteiger partial charge in [0.15, 0.2) is 9.84 Å². The van der Waals surface area contributed by atoms with Crippen molar-refractivity contribution >= 4 is 21.7 Å². The lowest BCUT2D eigenvalue weighted by atomic mass is 10.1. The summed E-state index contributed by atoms with van der Waals surface area (Å²) in [6.07, 6.45) is 0.438. The zero-order chi connectivity index (χ0) is 19.4. The minimum absolute atomic E-state index is 0.0156. The van der Waals surface area contributed by atoms with Gasteiger partial charge in [-0.2, -0.15) is 0 Å². The van der Waals surface area contributed by atoms with E-state index in [1.54, 1.807) is 24.3 Å². The summed E-state index contributed by atoms with van der Waals surface area (Å²) in [6.45, 7) is 2.43. The summed E-state index contributed by atoms with van der Waals surface area (Å²) in [6, 6.07) is 13.9. The van der Waals surface area contributed by atoms with E-state index in [1.807, 2.05) is 31.2 Å². The van der Waals surface area contributed by atoms with E-state index in [0.717, 1.165) is 11.1 Å². The second-order valence-corrected chi connectivity index (χ2v) is 9.05. The fourth-order valence-corrected chi connectivity index (χ4v) is 4.61. The van der Waals surface area contributed by atoms with E-state index in [4.69, 9.17) is 0 Å². The van der Waals surface area contributed by atoms with Crippen LogP contribution in [0, 0.1) is 6.92 Å². The molecule has 1 aliphatic heterocycles. The van der Waals surface area contributed by atoms with Crippen LogP contribution in [0.4, 0.5) is 0 Å². The molecule has 27 heavy (non-hydrogen) atoms. The van der Waals surface area contributed by atoms with Crippen molar-refractivity contribution in [1.29, 1.82) is 0 Å². The third-order valence-electron chi connectivity index (χ3n) is 4.55. The Labute approximate surface area is 158 Å². The van der Waals surface area contributed by atoms with Crippen LogP contribution in [-0.2, 0) is 16.4 Å². The predicted molar refractivity (Wildman–Crippen MR) is 103 cm³/mol. The first-order valence-corrected chi connectivity index (χ1v) is 10.6. The number of carbonyl (C=O) groups is 2. The molecule has 2 N–H and O–H groups in total. The number of amides is 2. The van der Waals surface area contributed by atoms with Crippen molar-refractivity contribution in [3.63, 3.8) is 0 Å². The fraction of sp³-hybridized carbons (Fsp3) is 0.300. The third kappa shape index (κ3) is 5.17. The van der Waals surface area contributed by atoms with Gasteiger partial charge in [0.25, 0.3) is 11.8 Å². The molecule has 0 saturated carbocycles. The molecule has 6 nitrogen and oxygen atoms in total. The summed E-state index contributed by atoms with van der Waals surface area (Å²) in [5.41, 5.74) is 3.03. The minimum atomic E-state index is -3.04. The van der Waals surface area contributed by atoms with Gasteiger partial charge in [0.1, 0.15) is 0 Å². The van der Waals surface area contributed by atoms with Gasteiger partial charge in [-0.15, -0.1) is 0 Å². The highest BCUT2D eigenvalue weighted by Crippen LogP contribution is 2.13. The lowest BCUT2D eigenvalue weighted by molar-refractivity contribution is 0.0933. The number of aryl methyl sites for hydroxylation is 1. The molecule has 1 fully saturated rings. The maximum absolute atomic E-state index is 12.2. The highest BCUT2D eigenvalue weighted by molar-refractivity contribution is 7.91. The number of carbonyl (C=O) groups excluding carboxylic acids is 2. The van der Waals surface area contributed by atoms with Crippen LogP contribution in [0.3, 0.4) is 0 Å². The number of hydrogen-bond donors (Lipinski definition) is 2. The van der Waals surface area contributed by atoms with Crippen LogP contribution in [0.25, 0.3) is 0 Å². The maximum atomic E-state index is 12.2. The molecule has 142 valence electrons. The first-order valence-electron chi connectivity index (χ1n) is 8.77. The Morgan fingerprint density at radius 2 is 1.56 bits per heavy atom. The van der Waals surface area contributed by atoms with Crippen LogP contribution in [0.1, 0.15) is 38.3 Å². The first-order chi connectivity index (χ1) is 12.8. The van der Waals surface area contributed by atoms with Crippen LogP contribution in [0.2, 0.25) is 0 Å². The Kier molecular flexibility index (Phi) is 5.60. The SMILES string of the molecule is Cc1ccc(CNC(=O)c2ccc(C(=O)NC3CCS(=O)(=O)C3)cc2)cc1. The number of nitrogens with one attached hydrogen (secondary N) is 2. The second-order valence-electron chi connectivity index (χ2n) is 6.82. The Balaban J connectivity index is 1.55. The third-order valence-corrected chi connectivity index (χ3v) is 6.32. The fourth-order valence-electron chi connectivity index (χ4n) is 2.94. The molecule has 0 radical (unpaired) electrons. The molecule has 1 aliphatic rings. The van der Waals surface area contributed by atoms with E-state index >= 15 is 0 Å². The van der Waals surface area contributed by atoms with Gasteiger partial charge < -0.3 is 10.6 Å². The van der Waals surface area contributed by atoms with Crippen LogP contribution in [-0.4, -0.2) is 37.8 Å². The molecular formula is C20H22N2O4S. The monoisotopic (exact) mass is 386 g/mol. The van der Waals surface area contributed by atoms with Crippen molar-refractivity contribution in [2.24, 2.45) is 0 Å². The molecule has 0 aliphatic carbocycles. The van der Waals surface area contributed by atoms with Crippen LogP contribution >= 0.6 is 0 Å². The maximum Gasteiger partial charge on any atom is 0.251 e. The lowest BCUT2D eigenvalue weighted by Gasteiger charge is -2.11. The van der Waals surface area contributed by atoms with Crippen molar-refractivity contribution in [3.8, 4) is 0 Å². The number of hydrogen-bond acceptors (Lipinski definition) is 4. The van der Waals surface area contributed by atoms with Crippen molar-refractivity contribution < 1.29 is 18.0 Å². The smallest absolute Gasteiger partial charge is 0.251 e. The van der Waals surface area contributed by atoms with Gasteiger partial charge in [0, 0.05) is 23.7 Å². The molecule has 0 aromatic heterocycles.